The van der Waals surface area contributed by atoms with Crippen LogP contribution in [0, 0.1) is 5.92 Å². The maximum absolute atomic E-state index is 6.21. The fourth-order valence-electron chi connectivity index (χ4n) is 2.26. The predicted octanol–water partition coefficient (Wildman–Crippen LogP) is 4.33. The van der Waals surface area contributed by atoms with Crippen molar-refractivity contribution in [2.75, 3.05) is 13.1 Å². The van der Waals surface area contributed by atoms with E-state index in [0.29, 0.717) is 5.92 Å². The maximum atomic E-state index is 6.21. The number of halogens is 2. The Kier molecular flexibility index (Phi) is 3.85. The van der Waals surface area contributed by atoms with Crippen LogP contribution in [0.25, 0.3) is 0 Å². The molecule has 1 aliphatic carbocycles. The third-order valence-electron chi connectivity index (χ3n) is 3.50. The Bertz CT molecular complexity index is 377. The van der Waals surface area contributed by atoms with Crippen LogP contribution in [0.15, 0.2) is 6.07 Å². The van der Waals surface area contributed by atoms with Gasteiger partial charge in [0.2, 0.25) is 0 Å². The van der Waals surface area contributed by atoms with Crippen molar-refractivity contribution >= 4 is 34.5 Å². The van der Waals surface area contributed by atoms with E-state index in [2.05, 4.69) is 19.2 Å². The molecule has 1 N–H and O–H groups in total. The average molecular weight is 278 g/mol. The molecule has 1 aromatic heterocycles. The molecule has 2 unspecified atom stereocenters. The lowest BCUT2D eigenvalue weighted by Gasteiger charge is -2.10. The average Bonchev–Trinajstić information content (AvgIpc) is 2.74. The van der Waals surface area contributed by atoms with Crippen molar-refractivity contribution in [2.45, 2.75) is 32.1 Å². The molecule has 0 bridgehead atoms. The first-order valence-electron chi connectivity index (χ1n) is 5.74. The van der Waals surface area contributed by atoms with Crippen LogP contribution in [0.3, 0.4) is 0 Å². The lowest BCUT2D eigenvalue weighted by atomic mass is 9.98. The fraction of sp³-hybridized carbons (Fsp3) is 0.667. The van der Waals surface area contributed by atoms with Gasteiger partial charge in [-0.05, 0) is 48.9 Å². The van der Waals surface area contributed by atoms with Gasteiger partial charge in [-0.25, -0.2) is 0 Å². The highest BCUT2D eigenvalue weighted by Crippen LogP contribution is 2.57. The summed E-state index contributed by atoms with van der Waals surface area (Å²) in [6, 6.07) is 2.04. The van der Waals surface area contributed by atoms with E-state index < -0.39 is 0 Å². The summed E-state index contributed by atoms with van der Waals surface area (Å²) < 4.78 is 1.67. The number of hydrogen-bond acceptors (Lipinski definition) is 2. The number of nitrogens with one attached hydrogen (secondary N) is 1. The van der Waals surface area contributed by atoms with Gasteiger partial charge in [0.25, 0.3) is 0 Å². The van der Waals surface area contributed by atoms with Crippen molar-refractivity contribution in [2.24, 2.45) is 5.92 Å². The van der Waals surface area contributed by atoms with Gasteiger partial charge in [-0.1, -0.05) is 37.0 Å². The first-order chi connectivity index (χ1) is 7.58. The lowest BCUT2D eigenvalue weighted by molar-refractivity contribution is 0.576. The van der Waals surface area contributed by atoms with Crippen molar-refractivity contribution in [3.63, 3.8) is 0 Å². The van der Waals surface area contributed by atoms with Gasteiger partial charge in [-0.15, -0.1) is 11.3 Å². The molecule has 2 rings (SSSR count). The molecule has 0 saturated heterocycles. The lowest BCUT2D eigenvalue weighted by Crippen LogP contribution is -2.20. The van der Waals surface area contributed by atoms with Crippen LogP contribution >= 0.6 is 34.5 Å². The Morgan fingerprint density at radius 2 is 2.31 bits per heavy atom. The largest absolute Gasteiger partial charge is 0.316 e. The standard InChI is InChI=1S/C12H17Cl2NS/c1-3-4-15-7-8-6-12(8,2)9-5-10(13)16-11(9)14/h5,8,15H,3-4,6-7H2,1-2H3. The zero-order chi connectivity index (χ0) is 11.8. The molecule has 0 spiro atoms. The van der Waals surface area contributed by atoms with Crippen LogP contribution in [0.2, 0.25) is 8.67 Å². The summed E-state index contributed by atoms with van der Waals surface area (Å²) in [7, 11) is 0. The summed E-state index contributed by atoms with van der Waals surface area (Å²) in [4.78, 5) is 0. The third kappa shape index (κ3) is 2.40. The second-order valence-electron chi connectivity index (χ2n) is 4.76. The van der Waals surface area contributed by atoms with E-state index in [1.54, 1.807) is 0 Å². The third-order valence-corrected chi connectivity index (χ3v) is 4.99. The molecule has 0 amide bonds. The molecule has 4 heteroatoms. The molecule has 0 aromatic carbocycles. The Labute approximate surface area is 111 Å². The minimum Gasteiger partial charge on any atom is -0.316 e. The molecular formula is C12H17Cl2NS. The van der Waals surface area contributed by atoms with Gasteiger partial charge in [-0.2, -0.15) is 0 Å². The van der Waals surface area contributed by atoms with Crippen molar-refractivity contribution < 1.29 is 0 Å². The molecule has 1 aliphatic rings. The van der Waals surface area contributed by atoms with Crippen molar-refractivity contribution in [3.05, 3.63) is 20.3 Å². The van der Waals surface area contributed by atoms with Gasteiger partial charge in [0, 0.05) is 0 Å². The molecule has 2 atom stereocenters. The van der Waals surface area contributed by atoms with Gasteiger partial charge in [0.1, 0.15) is 0 Å². The molecular weight excluding hydrogens is 261 g/mol. The van der Waals surface area contributed by atoms with Crippen LogP contribution in [0.5, 0.6) is 0 Å². The smallest absolute Gasteiger partial charge is 0.0981 e. The highest BCUT2D eigenvalue weighted by atomic mass is 35.5. The van der Waals surface area contributed by atoms with Crippen molar-refractivity contribution in [1.29, 1.82) is 0 Å². The van der Waals surface area contributed by atoms with E-state index in [0.717, 1.165) is 21.8 Å². The number of hydrogen-bond donors (Lipinski definition) is 1. The molecule has 90 valence electrons. The first-order valence-corrected chi connectivity index (χ1v) is 7.31. The SMILES string of the molecule is CCCNCC1CC1(C)c1cc(Cl)sc1Cl. The highest BCUT2D eigenvalue weighted by molar-refractivity contribution is 7.20. The quantitative estimate of drug-likeness (QED) is 0.790. The molecule has 1 saturated carbocycles. The van der Waals surface area contributed by atoms with Crippen LogP contribution in [-0.2, 0) is 5.41 Å². The van der Waals surface area contributed by atoms with Crippen LogP contribution in [0.4, 0.5) is 0 Å². The summed E-state index contributed by atoms with van der Waals surface area (Å²) in [5.74, 6) is 0.710. The Balaban J connectivity index is 1.98. The number of thiophene rings is 1. The Morgan fingerprint density at radius 3 is 2.88 bits per heavy atom. The minimum absolute atomic E-state index is 0.251. The van der Waals surface area contributed by atoms with Gasteiger partial charge in [0.15, 0.2) is 0 Å². The van der Waals surface area contributed by atoms with Crippen LogP contribution < -0.4 is 5.32 Å². The molecule has 16 heavy (non-hydrogen) atoms. The normalized spacial score (nSPS) is 28.4. The summed E-state index contributed by atoms with van der Waals surface area (Å²) >= 11 is 13.7. The highest BCUT2D eigenvalue weighted by Gasteiger charge is 2.52. The maximum Gasteiger partial charge on any atom is 0.0981 e. The fourth-order valence-corrected chi connectivity index (χ4v) is 3.99. The topological polar surface area (TPSA) is 12.0 Å². The Hall–Kier alpha value is 0.240. The van der Waals surface area contributed by atoms with E-state index in [9.17, 15) is 0 Å². The zero-order valence-corrected chi connectivity index (χ0v) is 12.0. The van der Waals surface area contributed by atoms with E-state index >= 15 is 0 Å². The minimum atomic E-state index is 0.251. The van der Waals surface area contributed by atoms with E-state index in [-0.39, 0.29) is 5.41 Å². The van der Waals surface area contributed by atoms with Crippen molar-refractivity contribution in [1.82, 2.24) is 5.32 Å². The molecule has 1 heterocycles. The summed E-state index contributed by atoms with van der Waals surface area (Å²) in [6.45, 7) is 6.67. The van der Waals surface area contributed by atoms with Gasteiger partial charge < -0.3 is 5.32 Å². The van der Waals surface area contributed by atoms with Crippen LogP contribution in [-0.4, -0.2) is 13.1 Å². The van der Waals surface area contributed by atoms with Crippen LogP contribution in [0.1, 0.15) is 32.3 Å². The molecule has 0 aliphatic heterocycles. The van der Waals surface area contributed by atoms with Crippen molar-refractivity contribution in [3.8, 4) is 0 Å². The molecule has 1 nitrogen and oxygen atoms in total. The summed E-state index contributed by atoms with van der Waals surface area (Å²) in [6.07, 6.45) is 2.41. The van der Waals surface area contributed by atoms with Gasteiger partial charge in [-0.3, -0.25) is 0 Å². The predicted molar refractivity (Wildman–Crippen MR) is 73.0 cm³/mol. The monoisotopic (exact) mass is 277 g/mol. The molecule has 1 aromatic rings. The second-order valence-corrected chi connectivity index (χ2v) is 7.05. The van der Waals surface area contributed by atoms with E-state index in [4.69, 9.17) is 23.2 Å². The zero-order valence-electron chi connectivity index (χ0n) is 9.65. The van der Waals surface area contributed by atoms with E-state index in [1.807, 2.05) is 6.07 Å². The number of rotatable bonds is 5. The first kappa shape index (κ1) is 12.7. The summed E-state index contributed by atoms with van der Waals surface area (Å²) in [5, 5.41) is 3.48. The Morgan fingerprint density at radius 1 is 1.56 bits per heavy atom. The van der Waals surface area contributed by atoms with Gasteiger partial charge >= 0.3 is 0 Å². The van der Waals surface area contributed by atoms with E-state index in [1.165, 1.54) is 29.7 Å². The molecule has 1 fully saturated rings. The molecule has 0 radical (unpaired) electrons. The van der Waals surface area contributed by atoms with Gasteiger partial charge in [0.05, 0.1) is 8.67 Å². The summed E-state index contributed by atoms with van der Waals surface area (Å²) in [5.41, 5.74) is 1.49. The second kappa shape index (κ2) is 4.85.